The average Bonchev–Trinajstić information content (AvgIpc) is 2.48. The molecule has 1 atom stereocenters. The van der Waals surface area contributed by atoms with Crippen LogP contribution in [-0.4, -0.2) is 0 Å². The number of allylic oxidation sites excluding steroid dienone is 4. The fourth-order valence-corrected chi connectivity index (χ4v) is 1.42. The predicted molar refractivity (Wildman–Crippen MR) is 123 cm³/mol. The lowest BCUT2D eigenvalue weighted by molar-refractivity contribution is 0.626. The molecule has 154 valence electrons. The van der Waals surface area contributed by atoms with Crippen molar-refractivity contribution in [1.29, 1.82) is 0 Å². The van der Waals surface area contributed by atoms with Crippen molar-refractivity contribution in [2.45, 2.75) is 115 Å². The zero-order chi connectivity index (χ0) is 20.7. The van der Waals surface area contributed by atoms with Crippen molar-refractivity contribution in [3.8, 4) is 0 Å². The highest BCUT2D eigenvalue weighted by atomic mass is 14.0. The van der Waals surface area contributed by atoms with Crippen LogP contribution in [0.15, 0.2) is 24.3 Å². The van der Waals surface area contributed by atoms with Crippen LogP contribution in [0.1, 0.15) is 115 Å². The molecule has 0 spiro atoms. The van der Waals surface area contributed by atoms with E-state index in [0.717, 1.165) is 23.7 Å². The second-order valence-corrected chi connectivity index (χ2v) is 8.34. The van der Waals surface area contributed by atoms with E-state index in [9.17, 15) is 0 Å². The van der Waals surface area contributed by atoms with E-state index in [0.29, 0.717) is 0 Å². The molecule has 0 saturated heterocycles. The largest absolute Gasteiger partial charge is 0.0914 e. The van der Waals surface area contributed by atoms with Crippen LogP contribution >= 0.6 is 0 Å². The summed E-state index contributed by atoms with van der Waals surface area (Å²) in [5, 5.41) is 0. The molecule has 0 aromatic rings. The summed E-state index contributed by atoms with van der Waals surface area (Å²) in [5.41, 5.74) is 0. The van der Waals surface area contributed by atoms with Crippen LogP contribution in [0.5, 0.6) is 0 Å². The Morgan fingerprint density at radius 2 is 1.16 bits per heavy atom. The highest BCUT2D eigenvalue weighted by Crippen LogP contribution is 2.05. The Hall–Kier alpha value is -0.520. The van der Waals surface area contributed by atoms with E-state index in [1.54, 1.807) is 0 Å². The Morgan fingerprint density at radius 3 is 1.40 bits per heavy atom. The lowest BCUT2D eigenvalue weighted by atomic mass is 10.1. The molecule has 0 aliphatic carbocycles. The first-order chi connectivity index (χ1) is 11.6. The van der Waals surface area contributed by atoms with Gasteiger partial charge in [0.05, 0.1) is 0 Å². The van der Waals surface area contributed by atoms with E-state index in [-0.39, 0.29) is 0 Å². The molecule has 0 amide bonds. The van der Waals surface area contributed by atoms with Crippen molar-refractivity contribution in [2.75, 3.05) is 0 Å². The molecule has 0 aromatic heterocycles. The summed E-state index contributed by atoms with van der Waals surface area (Å²) in [5.74, 6) is 3.32. The molecule has 0 heterocycles. The molecule has 0 heteroatoms. The molecule has 25 heavy (non-hydrogen) atoms. The van der Waals surface area contributed by atoms with Gasteiger partial charge in [-0.25, -0.2) is 0 Å². The number of hydrogen-bond donors (Lipinski definition) is 0. The van der Waals surface area contributed by atoms with Gasteiger partial charge in [0.1, 0.15) is 0 Å². The van der Waals surface area contributed by atoms with E-state index < -0.39 is 0 Å². The minimum absolute atomic E-state index is 0.782. The first-order valence-corrected chi connectivity index (χ1v) is 10.9. The highest BCUT2D eigenvalue weighted by molar-refractivity contribution is 4.82. The maximum absolute atomic E-state index is 2.25. The summed E-state index contributed by atoms with van der Waals surface area (Å²) in [6, 6.07) is 0. The summed E-state index contributed by atoms with van der Waals surface area (Å²) >= 11 is 0. The second-order valence-electron chi connectivity index (χ2n) is 8.34. The number of hydrogen-bond acceptors (Lipinski definition) is 0. The monoisotopic (exact) mass is 354 g/mol. The lowest BCUT2D eigenvalue weighted by Crippen LogP contribution is -1.85. The quantitative estimate of drug-likeness (QED) is 0.399. The highest BCUT2D eigenvalue weighted by Gasteiger charge is 1.90. The van der Waals surface area contributed by atoms with E-state index in [4.69, 9.17) is 0 Å². The molecular weight excluding hydrogens is 300 g/mol. The molecule has 0 bridgehead atoms. The minimum Gasteiger partial charge on any atom is -0.0914 e. The third-order valence-electron chi connectivity index (χ3n) is 3.09. The van der Waals surface area contributed by atoms with Crippen molar-refractivity contribution >= 4 is 0 Å². The van der Waals surface area contributed by atoms with E-state index >= 15 is 0 Å². The fourth-order valence-electron chi connectivity index (χ4n) is 1.42. The normalized spacial score (nSPS) is 11.8. The zero-order valence-corrected chi connectivity index (χ0v) is 20.2. The second kappa shape index (κ2) is 28.3. The summed E-state index contributed by atoms with van der Waals surface area (Å²) in [6.07, 6.45) is 15.2. The molecule has 0 fully saturated rings. The number of rotatable bonds is 7. The van der Waals surface area contributed by atoms with Crippen LogP contribution in [0.4, 0.5) is 0 Å². The third-order valence-corrected chi connectivity index (χ3v) is 3.09. The minimum atomic E-state index is 0.782. The van der Waals surface area contributed by atoms with E-state index in [2.05, 4.69) is 107 Å². The maximum Gasteiger partial charge on any atom is -0.0262 e. The van der Waals surface area contributed by atoms with Gasteiger partial charge in [-0.15, -0.1) is 0 Å². The predicted octanol–water partition coefficient (Wildman–Crippen LogP) is 9.71. The summed E-state index contributed by atoms with van der Waals surface area (Å²) in [6.45, 7) is 26.3. The summed E-state index contributed by atoms with van der Waals surface area (Å²) in [4.78, 5) is 0. The van der Waals surface area contributed by atoms with Crippen LogP contribution in [0, 0.1) is 23.7 Å². The van der Waals surface area contributed by atoms with Gasteiger partial charge in [0.15, 0.2) is 0 Å². The van der Waals surface area contributed by atoms with Crippen molar-refractivity contribution < 1.29 is 0 Å². The molecule has 0 aliphatic rings. The third kappa shape index (κ3) is 69.6. The van der Waals surface area contributed by atoms with Gasteiger partial charge in [-0.05, 0) is 49.9 Å². The van der Waals surface area contributed by atoms with Crippen LogP contribution < -0.4 is 0 Å². The molecular formula is C25H54. The smallest absolute Gasteiger partial charge is 0.0262 e. The van der Waals surface area contributed by atoms with E-state index in [1.165, 1.54) is 32.1 Å². The molecule has 0 N–H and O–H groups in total. The fraction of sp³-hybridized carbons (Fsp3) is 0.840. The van der Waals surface area contributed by atoms with Gasteiger partial charge >= 0.3 is 0 Å². The van der Waals surface area contributed by atoms with Crippen LogP contribution in [0.2, 0.25) is 0 Å². The SMILES string of the molecule is C/C=C\C(C)CCC.CC(C)C.CC/C=C\CC(C)C.CCC(C)C. The Bertz CT molecular complexity index is 240. The van der Waals surface area contributed by atoms with Crippen LogP contribution in [0.25, 0.3) is 0 Å². The zero-order valence-electron chi connectivity index (χ0n) is 20.2. The van der Waals surface area contributed by atoms with Crippen LogP contribution in [-0.2, 0) is 0 Å². The van der Waals surface area contributed by atoms with Crippen molar-refractivity contribution in [3.63, 3.8) is 0 Å². The molecule has 0 rings (SSSR count). The van der Waals surface area contributed by atoms with Gasteiger partial charge in [0, 0.05) is 0 Å². The van der Waals surface area contributed by atoms with Gasteiger partial charge in [-0.1, -0.05) is 113 Å². The Balaban J connectivity index is -0.000000122. The van der Waals surface area contributed by atoms with E-state index in [1.807, 2.05) is 0 Å². The molecule has 0 aliphatic heterocycles. The molecule has 1 unspecified atom stereocenters. The van der Waals surface area contributed by atoms with Gasteiger partial charge < -0.3 is 0 Å². The molecule has 0 nitrogen and oxygen atoms in total. The van der Waals surface area contributed by atoms with Gasteiger partial charge in [0.2, 0.25) is 0 Å². The van der Waals surface area contributed by atoms with Crippen molar-refractivity contribution in [3.05, 3.63) is 24.3 Å². The first-order valence-electron chi connectivity index (χ1n) is 10.9. The van der Waals surface area contributed by atoms with Gasteiger partial charge in [-0.2, -0.15) is 0 Å². The Labute approximate surface area is 163 Å². The average molecular weight is 355 g/mol. The Morgan fingerprint density at radius 1 is 0.720 bits per heavy atom. The van der Waals surface area contributed by atoms with Gasteiger partial charge in [-0.3, -0.25) is 0 Å². The van der Waals surface area contributed by atoms with Crippen LogP contribution in [0.3, 0.4) is 0 Å². The Kier molecular flexibility index (Phi) is 36.4. The first kappa shape index (κ1) is 32.2. The van der Waals surface area contributed by atoms with Crippen molar-refractivity contribution in [1.82, 2.24) is 0 Å². The summed E-state index contributed by atoms with van der Waals surface area (Å²) in [7, 11) is 0. The van der Waals surface area contributed by atoms with Gasteiger partial charge in [0.25, 0.3) is 0 Å². The topological polar surface area (TPSA) is 0 Å². The molecule has 0 aromatic carbocycles. The lowest BCUT2D eigenvalue weighted by Gasteiger charge is -1.99. The molecule has 0 radical (unpaired) electrons. The maximum atomic E-state index is 2.25. The summed E-state index contributed by atoms with van der Waals surface area (Å²) < 4.78 is 0. The molecule has 0 saturated carbocycles. The standard InChI is InChI=1S/2C8H16.C5H12.C4H10/c1-4-5-6-7-8(2)3;1-4-6-8(3)7-5-2;1-4-5(2)3;1-4(2)3/h5-6,8H,4,7H2,1-3H3;4,6,8H,5,7H2,1-3H3;5H,4H2,1-3H3;4H,1-3H3/b6-5-;6-4-;;. The van der Waals surface area contributed by atoms with Crippen molar-refractivity contribution in [2.24, 2.45) is 23.7 Å².